The Kier molecular flexibility index (Phi) is 5.67. The quantitative estimate of drug-likeness (QED) is 0.834. The van der Waals surface area contributed by atoms with Crippen LogP contribution in [0.15, 0.2) is 42.7 Å². The van der Waals surface area contributed by atoms with Crippen molar-refractivity contribution >= 4 is 23.6 Å². The number of hydrogen-bond donors (Lipinski definition) is 0. The third-order valence-corrected chi connectivity index (χ3v) is 4.25. The van der Waals surface area contributed by atoms with Crippen molar-refractivity contribution in [2.45, 2.75) is 0 Å². The first-order valence-corrected chi connectivity index (χ1v) is 8.38. The summed E-state index contributed by atoms with van der Waals surface area (Å²) in [6.07, 6.45) is 7.64. The maximum absolute atomic E-state index is 5.83. The molecule has 0 amide bonds. The molecule has 2 aromatic rings. The molecule has 1 aliphatic heterocycles. The Balaban J connectivity index is 1.46. The van der Waals surface area contributed by atoms with Crippen LogP contribution in [0.3, 0.4) is 0 Å². The Hall–Kier alpha value is -2.11. The van der Waals surface area contributed by atoms with Gasteiger partial charge in [-0.1, -0.05) is 35.9 Å². The Morgan fingerprint density at radius 1 is 1.08 bits per heavy atom. The number of aromatic nitrogens is 2. The van der Waals surface area contributed by atoms with Gasteiger partial charge in [-0.05, 0) is 17.7 Å². The van der Waals surface area contributed by atoms with Gasteiger partial charge in [-0.2, -0.15) is 0 Å². The monoisotopic (exact) mass is 344 g/mol. The normalized spacial score (nSPS) is 15.8. The molecule has 0 spiro atoms. The number of methoxy groups -OCH3 is 1. The second-order valence-corrected chi connectivity index (χ2v) is 6.10. The zero-order valence-corrected chi connectivity index (χ0v) is 14.5. The van der Waals surface area contributed by atoms with Gasteiger partial charge in [0.25, 0.3) is 0 Å². The minimum Gasteiger partial charge on any atom is -0.497 e. The van der Waals surface area contributed by atoms with Crippen LogP contribution in [0.5, 0.6) is 5.75 Å². The van der Waals surface area contributed by atoms with Crippen molar-refractivity contribution in [3.63, 3.8) is 0 Å². The van der Waals surface area contributed by atoms with Crippen LogP contribution in [0.1, 0.15) is 5.56 Å². The van der Waals surface area contributed by atoms with E-state index in [4.69, 9.17) is 16.3 Å². The molecule has 3 rings (SSSR count). The van der Waals surface area contributed by atoms with Gasteiger partial charge in [-0.25, -0.2) is 9.97 Å². The third-order valence-electron chi connectivity index (χ3n) is 4.05. The van der Waals surface area contributed by atoms with E-state index in [2.05, 4.69) is 44.1 Å². The number of anilines is 1. The van der Waals surface area contributed by atoms with E-state index >= 15 is 0 Å². The zero-order chi connectivity index (χ0) is 16.8. The molecular weight excluding hydrogens is 324 g/mol. The van der Waals surface area contributed by atoms with Gasteiger partial charge < -0.3 is 9.64 Å². The van der Waals surface area contributed by atoms with E-state index in [0.29, 0.717) is 5.02 Å². The Morgan fingerprint density at radius 2 is 1.75 bits per heavy atom. The lowest BCUT2D eigenvalue weighted by Crippen LogP contribution is -2.46. The van der Waals surface area contributed by atoms with Gasteiger partial charge in [0.15, 0.2) is 0 Å². The topological polar surface area (TPSA) is 41.5 Å². The average molecular weight is 345 g/mol. The molecule has 1 aromatic carbocycles. The molecule has 1 saturated heterocycles. The molecule has 1 aromatic heterocycles. The summed E-state index contributed by atoms with van der Waals surface area (Å²) < 4.78 is 5.17. The molecule has 1 fully saturated rings. The predicted molar refractivity (Wildman–Crippen MR) is 97.7 cm³/mol. The summed E-state index contributed by atoms with van der Waals surface area (Å²) in [6, 6.07) is 8.07. The Bertz CT molecular complexity index is 664. The Labute approximate surface area is 147 Å². The zero-order valence-electron chi connectivity index (χ0n) is 13.7. The van der Waals surface area contributed by atoms with E-state index in [0.717, 1.165) is 44.4 Å². The molecule has 24 heavy (non-hydrogen) atoms. The summed E-state index contributed by atoms with van der Waals surface area (Å²) in [5.41, 5.74) is 1.18. The number of halogens is 1. The summed E-state index contributed by atoms with van der Waals surface area (Å²) in [5, 5.41) is 0.570. The largest absolute Gasteiger partial charge is 0.497 e. The molecule has 2 heterocycles. The van der Waals surface area contributed by atoms with Crippen molar-refractivity contribution in [3.05, 3.63) is 53.3 Å². The van der Waals surface area contributed by atoms with Crippen molar-refractivity contribution in [3.8, 4) is 5.75 Å². The molecule has 0 aliphatic carbocycles. The van der Waals surface area contributed by atoms with Crippen LogP contribution in [0, 0.1) is 0 Å². The predicted octanol–water partition coefficient (Wildman–Crippen LogP) is 2.97. The average Bonchev–Trinajstić information content (AvgIpc) is 2.64. The van der Waals surface area contributed by atoms with Crippen molar-refractivity contribution in [1.29, 1.82) is 0 Å². The molecule has 126 valence electrons. The van der Waals surface area contributed by atoms with E-state index in [-0.39, 0.29) is 0 Å². The van der Waals surface area contributed by atoms with Crippen LogP contribution >= 0.6 is 11.6 Å². The van der Waals surface area contributed by atoms with Gasteiger partial charge in [0.05, 0.1) is 24.5 Å². The van der Waals surface area contributed by atoms with E-state index < -0.39 is 0 Å². The molecule has 6 heteroatoms. The number of rotatable bonds is 5. The van der Waals surface area contributed by atoms with Gasteiger partial charge >= 0.3 is 0 Å². The molecule has 0 saturated carbocycles. The minimum absolute atomic E-state index is 0.570. The summed E-state index contributed by atoms with van der Waals surface area (Å²) >= 11 is 5.83. The van der Waals surface area contributed by atoms with Gasteiger partial charge in [-0.3, -0.25) is 4.90 Å². The maximum Gasteiger partial charge on any atom is 0.225 e. The highest BCUT2D eigenvalue weighted by Gasteiger charge is 2.17. The lowest BCUT2D eigenvalue weighted by atomic mass is 10.2. The highest BCUT2D eigenvalue weighted by molar-refractivity contribution is 6.30. The second-order valence-electron chi connectivity index (χ2n) is 5.66. The van der Waals surface area contributed by atoms with Crippen LogP contribution in [0.4, 0.5) is 5.95 Å². The molecule has 1 aliphatic rings. The van der Waals surface area contributed by atoms with Crippen LogP contribution in [0.2, 0.25) is 5.02 Å². The number of nitrogens with zero attached hydrogens (tertiary/aromatic N) is 4. The number of piperazine rings is 1. The summed E-state index contributed by atoms with van der Waals surface area (Å²) in [6.45, 7) is 4.80. The van der Waals surface area contributed by atoms with Gasteiger partial charge in [0, 0.05) is 32.7 Å². The highest BCUT2D eigenvalue weighted by Crippen LogP contribution is 2.14. The summed E-state index contributed by atoms with van der Waals surface area (Å²) in [4.78, 5) is 13.2. The van der Waals surface area contributed by atoms with E-state index in [9.17, 15) is 0 Å². The first-order chi connectivity index (χ1) is 11.7. The van der Waals surface area contributed by atoms with Gasteiger partial charge in [0.1, 0.15) is 5.75 Å². The van der Waals surface area contributed by atoms with Crippen LogP contribution in [-0.4, -0.2) is 54.7 Å². The van der Waals surface area contributed by atoms with E-state index in [1.54, 1.807) is 19.5 Å². The number of ether oxygens (including phenoxy) is 1. The SMILES string of the molecule is COc1ccc(C=CCN2CCN(c3ncc(Cl)cn3)CC2)cc1. The summed E-state index contributed by atoms with van der Waals surface area (Å²) in [5.74, 6) is 1.64. The number of hydrogen-bond acceptors (Lipinski definition) is 5. The standard InChI is InChI=1S/C18H21ClN4O/c1-24-17-6-4-15(5-7-17)3-2-8-22-9-11-23(12-10-22)18-20-13-16(19)14-21-18/h2-7,13-14H,8-12H2,1H3. The Morgan fingerprint density at radius 3 is 2.38 bits per heavy atom. The highest BCUT2D eigenvalue weighted by atomic mass is 35.5. The molecular formula is C18H21ClN4O. The lowest BCUT2D eigenvalue weighted by Gasteiger charge is -2.34. The minimum atomic E-state index is 0.570. The fraction of sp³-hybridized carbons (Fsp3) is 0.333. The molecule has 0 radical (unpaired) electrons. The van der Waals surface area contributed by atoms with Crippen molar-refractivity contribution < 1.29 is 4.74 Å². The molecule has 0 N–H and O–H groups in total. The third kappa shape index (κ3) is 4.46. The molecule has 0 atom stereocenters. The van der Waals surface area contributed by atoms with Crippen molar-refractivity contribution in [1.82, 2.24) is 14.9 Å². The van der Waals surface area contributed by atoms with Crippen LogP contribution in [-0.2, 0) is 0 Å². The maximum atomic E-state index is 5.83. The fourth-order valence-corrected chi connectivity index (χ4v) is 2.75. The number of benzene rings is 1. The molecule has 5 nitrogen and oxygen atoms in total. The van der Waals surface area contributed by atoms with Crippen LogP contribution < -0.4 is 9.64 Å². The van der Waals surface area contributed by atoms with Crippen molar-refractivity contribution in [2.24, 2.45) is 0 Å². The fourth-order valence-electron chi connectivity index (χ4n) is 2.65. The lowest BCUT2D eigenvalue weighted by molar-refractivity contribution is 0.283. The smallest absolute Gasteiger partial charge is 0.225 e. The molecule has 0 bridgehead atoms. The summed E-state index contributed by atoms with van der Waals surface area (Å²) in [7, 11) is 1.68. The first-order valence-electron chi connectivity index (χ1n) is 8.00. The van der Waals surface area contributed by atoms with Gasteiger partial charge in [0.2, 0.25) is 5.95 Å². The van der Waals surface area contributed by atoms with Crippen molar-refractivity contribution in [2.75, 3.05) is 44.7 Å². The van der Waals surface area contributed by atoms with Gasteiger partial charge in [-0.15, -0.1) is 0 Å². The first kappa shape index (κ1) is 16.7. The second kappa shape index (κ2) is 8.13. The van der Waals surface area contributed by atoms with E-state index in [1.807, 2.05) is 12.1 Å². The molecule has 0 unspecified atom stereocenters. The van der Waals surface area contributed by atoms with Crippen LogP contribution in [0.25, 0.3) is 6.08 Å². The van der Waals surface area contributed by atoms with E-state index in [1.165, 1.54) is 5.56 Å².